The number of nitrogens with two attached hydrogens (primary N) is 1. The van der Waals surface area contributed by atoms with E-state index < -0.39 is 10.0 Å². The third kappa shape index (κ3) is 2.05. The van der Waals surface area contributed by atoms with Crippen molar-refractivity contribution in [2.75, 3.05) is 0 Å². The van der Waals surface area contributed by atoms with E-state index in [1.807, 2.05) is 0 Å². The fraction of sp³-hybridized carbons (Fsp3) is 0.222. The Morgan fingerprint density at radius 2 is 2.17 bits per heavy atom. The van der Waals surface area contributed by atoms with Gasteiger partial charge in [-0.2, -0.15) is 0 Å². The molecule has 0 unspecified atom stereocenters. The van der Waals surface area contributed by atoms with E-state index in [2.05, 4.69) is 15.2 Å². The molecule has 0 radical (unpaired) electrons. The van der Waals surface area contributed by atoms with Gasteiger partial charge in [0.15, 0.2) is 11.3 Å². The number of hydrogen-bond donors (Lipinski definition) is 2. The van der Waals surface area contributed by atoms with Crippen LogP contribution < -0.4 is 10.6 Å². The molecule has 0 aliphatic heterocycles. The Bertz CT molecular complexity index is 731. The number of rotatable bonds is 3. The Labute approximate surface area is 103 Å². The topological polar surface area (TPSA) is 124 Å². The monoisotopic (exact) mass is 269 g/mol. The summed E-state index contributed by atoms with van der Waals surface area (Å²) in [6.07, 6.45) is 2.91. The van der Waals surface area contributed by atoms with Crippen molar-refractivity contribution in [3.63, 3.8) is 0 Å². The van der Waals surface area contributed by atoms with Gasteiger partial charge in [-0.1, -0.05) is 0 Å². The van der Waals surface area contributed by atoms with Crippen LogP contribution >= 0.6 is 0 Å². The van der Waals surface area contributed by atoms with Crippen LogP contribution in [-0.2, 0) is 16.6 Å². The summed E-state index contributed by atoms with van der Waals surface area (Å²) < 4.78 is 23.9. The van der Waals surface area contributed by atoms with Crippen LogP contribution in [0.2, 0.25) is 0 Å². The molecule has 0 atom stereocenters. The van der Waals surface area contributed by atoms with Gasteiger partial charge in [0.2, 0.25) is 0 Å². The van der Waals surface area contributed by atoms with Crippen LogP contribution in [0.3, 0.4) is 0 Å². The smallest absolute Gasteiger partial charge is 0.273 e. The summed E-state index contributed by atoms with van der Waals surface area (Å²) in [6.45, 7) is 1.99. The third-order valence-corrected chi connectivity index (χ3v) is 3.16. The molecule has 0 aliphatic rings. The highest BCUT2D eigenvalue weighted by atomic mass is 32.2. The molecule has 9 heteroatoms. The van der Waals surface area contributed by atoms with Crippen LogP contribution in [0.15, 0.2) is 28.4 Å². The van der Waals surface area contributed by atoms with E-state index in [1.165, 1.54) is 23.0 Å². The first-order valence-electron chi connectivity index (χ1n) is 5.08. The molecule has 0 aliphatic carbocycles. The minimum Gasteiger partial charge on any atom is -0.367 e. The average Bonchev–Trinajstić information content (AvgIpc) is 2.72. The van der Waals surface area contributed by atoms with Gasteiger partial charge in [0.25, 0.3) is 15.2 Å². The number of sulfonamides is 1. The minimum atomic E-state index is -3.97. The van der Waals surface area contributed by atoms with Crippen LogP contribution in [0.25, 0.3) is 11.4 Å². The lowest BCUT2D eigenvalue weighted by Gasteiger charge is -2.05. The first kappa shape index (κ1) is 12.5. The lowest BCUT2D eigenvalue weighted by atomic mass is 10.2. The van der Waals surface area contributed by atoms with Gasteiger partial charge in [-0.05, 0) is 6.92 Å². The van der Waals surface area contributed by atoms with Gasteiger partial charge in [-0.3, -0.25) is 9.36 Å². The maximum Gasteiger partial charge on any atom is 0.273 e. The van der Waals surface area contributed by atoms with Crippen molar-refractivity contribution < 1.29 is 8.42 Å². The number of nitrogens with one attached hydrogen (secondary N) is 1. The Hall–Kier alpha value is -2.00. The van der Waals surface area contributed by atoms with Crippen LogP contribution in [0.4, 0.5) is 0 Å². The van der Waals surface area contributed by atoms with Crippen LogP contribution in [0.1, 0.15) is 6.92 Å². The van der Waals surface area contributed by atoms with Crippen molar-refractivity contribution in [2.45, 2.75) is 18.6 Å². The molecule has 2 rings (SSSR count). The first-order valence-corrected chi connectivity index (χ1v) is 6.63. The van der Waals surface area contributed by atoms with Gasteiger partial charge in [-0.15, -0.1) is 10.2 Å². The molecule has 2 aromatic heterocycles. The Morgan fingerprint density at radius 3 is 2.72 bits per heavy atom. The lowest BCUT2D eigenvalue weighted by molar-refractivity contribution is 0.571. The second-order valence-corrected chi connectivity index (χ2v) is 4.97. The highest BCUT2D eigenvalue weighted by Crippen LogP contribution is 2.15. The molecule has 0 saturated carbocycles. The summed E-state index contributed by atoms with van der Waals surface area (Å²) in [5, 5.41) is 11.9. The van der Waals surface area contributed by atoms with E-state index in [-0.39, 0.29) is 28.5 Å². The molecule has 96 valence electrons. The third-order valence-electron chi connectivity index (χ3n) is 2.35. The van der Waals surface area contributed by atoms with E-state index in [4.69, 9.17) is 5.14 Å². The molecule has 3 N–H and O–H groups in total. The molecule has 8 nitrogen and oxygen atoms in total. The zero-order chi connectivity index (χ0) is 13.3. The Balaban J connectivity index is 2.72. The first-order chi connectivity index (χ1) is 8.45. The molecule has 2 aromatic rings. The van der Waals surface area contributed by atoms with E-state index in [9.17, 15) is 13.2 Å². The summed E-state index contributed by atoms with van der Waals surface area (Å²) >= 11 is 0. The predicted molar refractivity (Wildman–Crippen MR) is 63.1 cm³/mol. The summed E-state index contributed by atoms with van der Waals surface area (Å²) in [6, 6.07) is 1.32. The maximum absolute atomic E-state index is 11.7. The molecule has 0 saturated heterocycles. The Kier molecular flexibility index (Phi) is 3.01. The highest BCUT2D eigenvalue weighted by Gasteiger charge is 2.21. The highest BCUT2D eigenvalue weighted by molar-refractivity contribution is 7.89. The minimum absolute atomic E-state index is 0.170. The largest absolute Gasteiger partial charge is 0.367 e. The zero-order valence-electron chi connectivity index (χ0n) is 9.49. The molecule has 0 aromatic carbocycles. The predicted octanol–water partition coefficient (Wildman–Crippen LogP) is -0.699. The van der Waals surface area contributed by atoms with E-state index in [0.717, 1.165) is 0 Å². The van der Waals surface area contributed by atoms with E-state index >= 15 is 0 Å². The molecular weight excluding hydrogens is 258 g/mol. The summed E-state index contributed by atoms with van der Waals surface area (Å²) in [4.78, 5) is 14.4. The van der Waals surface area contributed by atoms with Gasteiger partial charge < -0.3 is 4.98 Å². The summed E-state index contributed by atoms with van der Waals surface area (Å²) in [7, 11) is -3.97. The number of pyridine rings is 1. The summed E-state index contributed by atoms with van der Waals surface area (Å²) in [5.74, 6) is 0.170. The van der Waals surface area contributed by atoms with Crippen LogP contribution in [-0.4, -0.2) is 28.2 Å². The second kappa shape index (κ2) is 4.35. The lowest BCUT2D eigenvalue weighted by Crippen LogP contribution is -2.19. The fourth-order valence-electron chi connectivity index (χ4n) is 1.57. The molecule has 0 spiro atoms. The molecular formula is C9H11N5O3S. The van der Waals surface area contributed by atoms with E-state index in [0.29, 0.717) is 0 Å². The van der Waals surface area contributed by atoms with E-state index in [1.54, 1.807) is 6.92 Å². The number of nitrogens with zero attached hydrogens (tertiary/aromatic N) is 3. The van der Waals surface area contributed by atoms with Crippen molar-refractivity contribution in [1.29, 1.82) is 0 Å². The van der Waals surface area contributed by atoms with Crippen LogP contribution in [0.5, 0.6) is 0 Å². The molecule has 2 heterocycles. The Morgan fingerprint density at radius 1 is 1.44 bits per heavy atom. The van der Waals surface area contributed by atoms with Crippen molar-refractivity contribution in [3.8, 4) is 11.4 Å². The normalized spacial score (nSPS) is 11.7. The van der Waals surface area contributed by atoms with Gasteiger partial charge in [-0.25, -0.2) is 13.6 Å². The molecule has 0 bridgehead atoms. The number of aromatic nitrogens is 4. The standard InChI is InChI=1S/C9H11N5O3S/c1-2-14-8(6-5-11-4-3-7(6)15)12-13-9(14)18(10,16)17/h3-5H,2H2,1H3,(H,11,15)(H2,10,16,17). The number of H-pyrrole nitrogens is 1. The number of primary sulfonamides is 1. The average molecular weight is 269 g/mol. The zero-order valence-corrected chi connectivity index (χ0v) is 10.3. The maximum atomic E-state index is 11.7. The van der Waals surface area contributed by atoms with Gasteiger partial charge in [0, 0.05) is 25.0 Å². The number of hydrogen-bond acceptors (Lipinski definition) is 5. The van der Waals surface area contributed by atoms with Gasteiger partial charge in [0.05, 0.1) is 5.56 Å². The van der Waals surface area contributed by atoms with Crippen molar-refractivity contribution >= 4 is 10.0 Å². The quantitative estimate of drug-likeness (QED) is 0.762. The van der Waals surface area contributed by atoms with Crippen molar-refractivity contribution in [3.05, 3.63) is 28.7 Å². The van der Waals surface area contributed by atoms with Crippen molar-refractivity contribution in [1.82, 2.24) is 19.7 Å². The molecule has 0 fully saturated rings. The molecule has 0 amide bonds. The SMILES string of the molecule is CCn1c(-c2c[nH]ccc2=O)nnc1S(N)(=O)=O. The van der Waals surface area contributed by atoms with Gasteiger partial charge >= 0.3 is 0 Å². The number of aromatic amines is 1. The summed E-state index contributed by atoms with van der Waals surface area (Å²) in [5.41, 5.74) is -0.0430. The van der Waals surface area contributed by atoms with Crippen LogP contribution in [0, 0.1) is 0 Å². The van der Waals surface area contributed by atoms with Gasteiger partial charge in [0.1, 0.15) is 0 Å². The molecule has 18 heavy (non-hydrogen) atoms. The second-order valence-electron chi connectivity index (χ2n) is 3.52. The van der Waals surface area contributed by atoms with Crippen molar-refractivity contribution in [2.24, 2.45) is 5.14 Å². The fourth-order valence-corrected chi connectivity index (χ4v) is 2.25.